The van der Waals surface area contributed by atoms with Gasteiger partial charge in [-0.05, 0) is 48.9 Å². The van der Waals surface area contributed by atoms with E-state index in [1.54, 1.807) is 13.0 Å². The van der Waals surface area contributed by atoms with E-state index in [0.29, 0.717) is 5.56 Å². The van der Waals surface area contributed by atoms with Crippen LogP contribution in [0.1, 0.15) is 28.8 Å². The highest BCUT2D eigenvalue weighted by atomic mass is 32.2. The first kappa shape index (κ1) is 22.8. The van der Waals surface area contributed by atoms with Gasteiger partial charge in [-0.2, -0.15) is 0 Å². The van der Waals surface area contributed by atoms with Crippen molar-refractivity contribution in [2.75, 3.05) is 11.1 Å². The first-order chi connectivity index (χ1) is 15.1. The quantitative estimate of drug-likeness (QED) is 0.293. The van der Waals surface area contributed by atoms with Crippen LogP contribution in [0, 0.1) is 17.0 Å². The maximum absolute atomic E-state index is 12.5. The number of hydrogen-bond donors (Lipinski definition) is 2. The third-order valence-corrected chi connectivity index (χ3v) is 6.25. The zero-order valence-corrected chi connectivity index (χ0v) is 18.0. The molecule has 0 spiro atoms. The molecule has 0 radical (unpaired) electrons. The summed E-state index contributed by atoms with van der Waals surface area (Å²) in [6.07, 6.45) is 0. The van der Waals surface area contributed by atoms with E-state index in [0.717, 1.165) is 6.07 Å². The Morgan fingerprint density at radius 2 is 1.94 bits per heavy atom. The van der Waals surface area contributed by atoms with E-state index in [4.69, 9.17) is 9.15 Å². The smallest absolute Gasteiger partial charge is 0.311 e. The number of carbonyl (C=O) groups excluding carboxylic acids is 1. The van der Waals surface area contributed by atoms with Crippen LogP contribution in [0.4, 0.5) is 11.4 Å². The predicted molar refractivity (Wildman–Crippen MR) is 115 cm³/mol. The number of nitrogens with zero attached hydrogens (tertiary/aromatic N) is 1. The van der Waals surface area contributed by atoms with E-state index in [2.05, 4.69) is 5.32 Å². The molecule has 0 saturated heterocycles. The fraction of sp³-hybridized carbons (Fsp3) is 0.190. The minimum absolute atomic E-state index is 0.0404. The highest BCUT2D eigenvalue weighted by Gasteiger charge is 2.19. The number of benzene rings is 2. The third-order valence-electron chi connectivity index (χ3n) is 4.52. The third kappa shape index (κ3) is 5.06. The van der Waals surface area contributed by atoms with Gasteiger partial charge in [0.1, 0.15) is 18.1 Å². The zero-order chi connectivity index (χ0) is 23.5. The molecule has 168 valence electrons. The van der Waals surface area contributed by atoms with Gasteiger partial charge in [0.15, 0.2) is 21.3 Å². The number of nitro groups is 1. The fourth-order valence-corrected chi connectivity index (χ4v) is 3.68. The van der Waals surface area contributed by atoms with Crippen molar-refractivity contribution >= 4 is 27.1 Å². The highest BCUT2D eigenvalue weighted by Crippen LogP contribution is 2.29. The predicted octanol–water partition coefficient (Wildman–Crippen LogP) is 3.83. The first-order valence-corrected chi connectivity index (χ1v) is 11.1. The van der Waals surface area contributed by atoms with Gasteiger partial charge in [-0.25, -0.2) is 8.42 Å². The Balaban J connectivity index is 1.72. The summed E-state index contributed by atoms with van der Waals surface area (Å²) in [6, 6.07) is 10.9. The van der Waals surface area contributed by atoms with Crippen molar-refractivity contribution in [3.05, 3.63) is 75.7 Å². The van der Waals surface area contributed by atoms with Crippen molar-refractivity contribution in [1.82, 2.24) is 0 Å². The molecule has 1 amide bonds. The zero-order valence-electron chi connectivity index (χ0n) is 17.2. The molecule has 0 saturated carbocycles. The number of nitrogens with one attached hydrogen (secondary N) is 1. The summed E-state index contributed by atoms with van der Waals surface area (Å²) in [6.45, 7) is 3.05. The summed E-state index contributed by atoms with van der Waals surface area (Å²) in [5.74, 6) is -0.996. The van der Waals surface area contributed by atoms with Crippen LogP contribution in [0.5, 0.6) is 11.5 Å². The molecule has 1 heterocycles. The van der Waals surface area contributed by atoms with E-state index in [1.165, 1.54) is 43.3 Å². The lowest BCUT2D eigenvalue weighted by molar-refractivity contribution is -0.386. The van der Waals surface area contributed by atoms with Crippen LogP contribution in [0.25, 0.3) is 0 Å². The molecule has 2 N–H and O–H groups in total. The molecule has 1 aromatic heterocycles. The number of furan rings is 1. The number of aryl methyl sites for hydroxylation is 1. The average molecular weight is 460 g/mol. The van der Waals surface area contributed by atoms with Crippen LogP contribution in [0.3, 0.4) is 0 Å². The molecule has 11 heteroatoms. The van der Waals surface area contributed by atoms with Crippen LogP contribution in [0.15, 0.2) is 57.8 Å². The topological polar surface area (TPSA) is 149 Å². The summed E-state index contributed by atoms with van der Waals surface area (Å²) in [4.78, 5) is 23.1. The number of anilines is 1. The van der Waals surface area contributed by atoms with E-state index >= 15 is 0 Å². The lowest BCUT2D eigenvalue weighted by atomic mass is 10.2. The largest absolute Gasteiger partial charge is 0.506 e. The summed E-state index contributed by atoms with van der Waals surface area (Å²) in [5, 5.41) is 23.5. The molecule has 32 heavy (non-hydrogen) atoms. The Morgan fingerprint density at radius 3 is 2.62 bits per heavy atom. The van der Waals surface area contributed by atoms with Crippen LogP contribution >= 0.6 is 0 Å². The molecule has 0 aliphatic carbocycles. The number of nitro benzene ring substituents is 1. The number of rotatable bonds is 8. The summed E-state index contributed by atoms with van der Waals surface area (Å²) < 4.78 is 34.9. The molecule has 0 aliphatic heterocycles. The molecule has 0 atom stereocenters. The average Bonchev–Trinajstić information content (AvgIpc) is 3.23. The van der Waals surface area contributed by atoms with Gasteiger partial charge in [-0.3, -0.25) is 14.9 Å². The minimum Gasteiger partial charge on any atom is -0.506 e. The highest BCUT2D eigenvalue weighted by molar-refractivity contribution is 7.91. The number of hydrogen-bond acceptors (Lipinski definition) is 8. The van der Waals surface area contributed by atoms with Gasteiger partial charge in [-0.1, -0.05) is 13.0 Å². The maximum atomic E-state index is 12.5. The molecule has 0 bridgehead atoms. The van der Waals surface area contributed by atoms with Crippen molar-refractivity contribution in [3.63, 3.8) is 0 Å². The van der Waals surface area contributed by atoms with E-state index < -0.39 is 20.7 Å². The second kappa shape index (κ2) is 9.10. The number of carbonyl (C=O) groups is 1. The first-order valence-electron chi connectivity index (χ1n) is 9.44. The Bertz CT molecular complexity index is 1280. The van der Waals surface area contributed by atoms with Crippen molar-refractivity contribution < 1.29 is 32.4 Å². The molecule has 2 aromatic carbocycles. The summed E-state index contributed by atoms with van der Waals surface area (Å²) in [7, 11) is -3.53. The Hall–Kier alpha value is -3.86. The number of phenolic OH excluding ortho intramolecular Hbond substituents is 1. The molecular weight excluding hydrogens is 440 g/mol. The molecule has 10 nitrogen and oxygen atoms in total. The van der Waals surface area contributed by atoms with Gasteiger partial charge in [0.05, 0.1) is 21.3 Å². The Labute approximate surface area is 183 Å². The van der Waals surface area contributed by atoms with E-state index in [-0.39, 0.29) is 51.6 Å². The normalized spacial score (nSPS) is 11.2. The monoisotopic (exact) mass is 460 g/mol. The molecular formula is C21H20N2O8S. The number of phenols is 1. The van der Waals surface area contributed by atoms with Gasteiger partial charge in [0.25, 0.3) is 5.91 Å². The molecule has 3 aromatic rings. The second-order valence-electron chi connectivity index (χ2n) is 6.82. The molecule has 0 aliphatic rings. The summed E-state index contributed by atoms with van der Waals surface area (Å²) in [5.41, 5.74) is 0.431. The number of aromatic hydroxyl groups is 1. The standard InChI is InChI=1S/C21H20N2O8S/c1-3-32(28,29)15-6-7-18(24)16(11-15)22-21(25)20-9-5-14(31-20)12-30-19-8-4-13(2)10-17(19)23(26)27/h4-11,24H,3,12H2,1-2H3,(H,22,25). The molecule has 3 rings (SSSR count). The lowest BCUT2D eigenvalue weighted by Crippen LogP contribution is -2.12. The number of ether oxygens (including phenoxy) is 1. The van der Waals surface area contributed by atoms with Crippen LogP contribution < -0.4 is 10.1 Å². The Morgan fingerprint density at radius 1 is 1.19 bits per heavy atom. The van der Waals surface area contributed by atoms with Crippen molar-refractivity contribution in [1.29, 1.82) is 0 Å². The number of sulfone groups is 1. The SMILES string of the molecule is CCS(=O)(=O)c1ccc(O)c(NC(=O)c2ccc(COc3ccc(C)cc3[N+](=O)[O-])o2)c1. The van der Waals surface area contributed by atoms with Gasteiger partial charge in [0, 0.05) is 6.07 Å². The van der Waals surface area contributed by atoms with Crippen LogP contribution in [-0.2, 0) is 16.4 Å². The van der Waals surface area contributed by atoms with Gasteiger partial charge >= 0.3 is 5.69 Å². The minimum atomic E-state index is -3.53. The van der Waals surface area contributed by atoms with Gasteiger partial charge < -0.3 is 19.6 Å². The van der Waals surface area contributed by atoms with Crippen molar-refractivity contribution in [2.45, 2.75) is 25.3 Å². The lowest BCUT2D eigenvalue weighted by Gasteiger charge is -2.09. The van der Waals surface area contributed by atoms with Gasteiger partial charge in [0.2, 0.25) is 0 Å². The van der Waals surface area contributed by atoms with E-state index in [1.807, 2.05) is 0 Å². The van der Waals surface area contributed by atoms with Gasteiger partial charge in [-0.15, -0.1) is 0 Å². The molecule has 0 fully saturated rings. The van der Waals surface area contributed by atoms with Crippen LogP contribution in [0.2, 0.25) is 0 Å². The maximum Gasteiger partial charge on any atom is 0.311 e. The molecule has 0 unspecified atom stereocenters. The second-order valence-corrected chi connectivity index (χ2v) is 9.10. The Kier molecular flexibility index (Phi) is 6.49. The summed E-state index contributed by atoms with van der Waals surface area (Å²) >= 11 is 0. The van der Waals surface area contributed by atoms with Crippen LogP contribution in [-0.4, -0.2) is 30.1 Å². The number of amides is 1. The van der Waals surface area contributed by atoms with Crippen molar-refractivity contribution in [3.8, 4) is 11.5 Å². The van der Waals surface area contributed by atoms with Crippen molar-refractivity contribution in [2.24, 2.45) is 0 Å². The fourth-order valence-electron chi connectivity index (χ4n) is 2.78. The van der Waals surface area contributed by atoms with E-state index in [9.17, 15) is 28.4 Å².